The molecule has 7 heteroatoms. The van der Waals surface area contributed by atoms with Gasteiger partial charge >= 0.3 is 0 Å². The van der Waals surface area contributed by atoms with Gasteiger partial charge in [-0.2, -0.15) is 0 Å². The van der Waals surface area contributed by atoms with Gasteiger partial charge in [-0.3, -0.25) is 4.79 Å². The molecular weight excluding hydrogens is 331 g/mol. The molecule has 0 aliphatic heterocycles. The van der Waals surface area contributed by atoms with Crippen molar-refractivity contribution in [3.05, 3.63) is 77.3 Å². The summed E-state index contributed by atoms with van der Waals surface area (Å²) in [5.41, 5.74) is 1.01. The van der Waals surface area contributed by atoms with Gasteiger partial charge in [0.05, 0.1) is 22.0 Å². The van der Waals surface area contributed by atoms with E-state index in [-0.39, 0.29) is 23.1 Å². The Kier molecular flexibility index (Phi) is 4.67. The van der Waals surface area contributed by atoms with Gasteiger partial charge in [-0.05, 0) is 24.3 Å². The first-order valence-corrected chi connectivity index (χ1v) is 7.41. The van der Waals surface area contributed by atoms with Crippen LogP contribution < -0.4 is 10.6 Å². The number of nitrogens with zero attached hydrogens (tertiary/aromatic N) is 2. The number of rotatable bonds is 4. The lowest BCUT2D eigenvalue weighted by Crippen LogP contribution is -2.13. The lowest BCUT2D eigenvalue weighted by Gasteiger charge is -2.08. The topological polar surface area (TPSA) is 66.9 Å². The number of anilines is 3. The number of para-hydroxylation sites is 2. The van der Waals surface area contributed by atoms with E-state index in [0.29, 0.717) is 10.7 Å². The summed E-state index contributed by atoms with van der Waals surface area (Å²) in [7, 11) is 0. The summed E-state index contributed by atoms with van der Waals surface area (Å²) in [6.45, 7) is 0. The average molecular weight is 343 g/mol. The third-order valence-corrected chi connectivity index (χ3v) is 3.49. The predicted molar refractivity (Wildman–Crippen MR) is 91.1 cm³/mol. The van der Waals surface area contributed by atoms with Crippen LogP contribution in [0.1, 0.15) is 10.4 Å². The Labute approximate surface area is 142 Å². The number of amides is 1. The van der Waals surface area contributed by atoms with Crippen LogP contribution in [0.2, 0.25) is 5.02 Å². The molecule has 0 atom stereocenters. The third kappa shape index (κ3) is 3.67. The number of hydrogen-bond donors (Lipinski definition) is 2. The zero-order chi connectivity index (χ0) is 16.9. The van der Waals surface area contributed by atoms with Crippen molar-refractivity contribution in [2.75, 3.05) is 10.6 Å². The van der Waals surface area contributed by atoms with Crippen molar-refractivity contribution >= 4 is 34.8 Å². The zero-order valence-electron chi connectivity index (χ0n) is 12.3. The number of carbonyl (C=O) groups is 1. The highest BCUT2D eigenvalue weighted by Gasteiger charge is 2.10. The van der Waals surface area contributed by atoms with Gasteiger partial charge in [-0.25, -0.2) is 14.4 Å². The maximum atomic E-state index is 13.6. The highest BCUT2D eigenvalue weighted by Crippen LogP contribution is 2.21. The van der Waals surface area contributed by atoms with Crippen molar-refractivity contribution in [3.63, 3.8) is 0 Å². The number of nitrogens with one attached hydrogen (secondary N) is 2. The summed E-state index contributed by atoms with van der Waals surface area (Å²) < 4.78 is 13.6. The normalized spacial score (nSPS) is 10.2. The number of benzene rings is 2. The van der Waals surface area contributed by atoms with E-state index in [1.54, 1.807) is 42.5 Å². The average Bonchev–Trinajstić information content (AvgIpc) is 2.59. The molecule has 1 aromatic heterocycles. The summed E-state index contributed by atoms with van der Waals surface area (Å²) in [4.78, 5) is 20.2. The SMILES string of the molecule is O=C(Nc1ccccc1Cl)c1cnc(Nc2ccccc2F)nc1. The summed E-state index contributed by atoms with van der Waals surface area (Å²) in [5, 5.41) is 5.86. The van der Waals surface area contributed by atoms with E-state index in [0.717, 1.165) is 0 Å². The smallest absolute Gasteiger partial charge is 0.258 e. The first-order valence-electron chi connectivity index (χ1n) is 7.03. The Morgan fingerprint density at radius 1 is 0.958 bits per heavy atom. The number of hydrogen-bond acceptors (Lipinski definition) is 4. The van der Waals surface area contributed by atoms with E-state index < -0.39 is 5.82 Å². The van der Waals surface area contributed by atoms with Gasteiger partial charge in [-0.1, -0.05) is 35.9 Å². The molecule has 0 unspecified atom stereocenters. The molecule has 1 heterocycles. The molecule has 5 nitrogen and oxygen atoms in total. The Bertz CT molecular complexity index is 870. The summed E-state index contributed by atoms with van der Waals surface area (Å²) >= 11 is 5.99. The molecule has 3 rings (SSSR count). The minimum absolute atomic E-state index is 0.189. The van der Waals surface area contributed by atoms with Crippen LogP contribution in [0.3, 0.4) is 0 Å². The third-order valence-electron chi connectivity index (χ3n) is 3.16. The molecule has 0 aliphatic rings. The first-order chi connectivity index (χ1) is 11.6. The monoisotopic (exact) mass is 342 g/mol. The van der Waals surface area contributed by atoms with Gasteiger partial charge in [0.25, 0.3) is 5.91 Å². The molecule has 0 bridgehead atoms. The lowest BCUT2D eigenvalue weighted by molar-refractivity contribution is 0.102. The van der Waals surface area contributed by atoms with E-state index in [4.69, 9.17) is 11.6 Å². The quantitative estimate of drug-likeness (QED) is 0.743. The van der Waals surface area contributed by atoms with Gasteiger partial charge in [0.2, 0.25) is 5.95 Å². The molecule has 2 N–H and O–H groups in total. The summed E-state index contributed by atoms with van der Waals surface area (Å²) in [5.74, 6) is -0.614. The standard InChI is InChI=1S/C17H12ClFN4O/c18-12-5-1-3-7-14(12)22-16(24)11-9-20-17(21-10-11)23-15-8-4-2-6-13(15)19/h1-10H,(H,22,24)(H,20,21,23). The van der Waals surface area contributed by atoms with Crippen LogP contribution in [-0.4, -0.2) is 15.9 Å². The van der Waals surface area contributed by atoms with Crippen LogP contribution in [0.25, 0.3) is 0 Å². The fourth-order valence-electron chi connectivity index (χ4n) is 1.95. The molecule has 0 spiro atoms. The van der Waals surface area contributed by atoms with E-state index in [2.05, 4.69) is 20.6 Å². The van der Waals surface area contributed by atoms with Crippen molar-refractivity contribution in [2.24, 2.45) is 0 Å². The highest BCUT2D eigenvalue weighted by atomic mass is 35.5. The highest BCUT2D eigenvalue weighted by molar-refractivity contribution is 6.33. The van der Waals surface area contributed by atoms with Crippen LogP contribution in [0, 0.1) is 5.82 Å². The molecule has 0 fully saturated rings. The molecule has 0 saturated carbocycles. The van der Waals surface area contributed by atoms with Crippen LogP contribution >= 0.6 is 11.6 Å². The van der Waals surface area contributed by atoms with Gasteiger partial charge in [-0.15, -0.1) is 0 Å². The van der Waals surface area contributed by atoms with Crippen molar-refractivity contribution < 1.29 is 9.18 Å². The van der Waals surface area contributed by atoms with Crippen LogP contribution in [0.4, 0.5) is 21.7 Å². The van der Waals surface area contributed by atoms with E-state index >= 15 is 0 Å². The fourth-order valence-corrected chi connectivity index (χ4v) is 2.13. The second-order valence-electron chi connectivity index (χ2n) is 4.83. The van der Waals surface area contributed by atoms with Crippen LogP contribution in [0.15, 0.2) is 60.9 Å². The van der Waals surface area contributed by atoms with Crippen molar-refractivity contribution in [3.8, 4) is 0 Å². The van der Waals surface area contributed by atoms with E-state index in [1.165, 1.54) is 18.5 Å². The second kappa shape index (κ2) is 7.06. The first kappa shape index (κ1) is 15.9. The predicted octanol–water partition coefficient (Wildman–Crippen LogP) is 4.27. The Morgan fingerprint density at radius 3 is 2.25 bits per heavy atom. The van der Waals surface area contributed by atoms with Crippen molar-refractivity contribution in [1.29, 1.82) is 0 Å². The summed E-state index contributed by atoms with van der Waals surface area (Å²) in [6, 6.07) is 13.1. The molecule has 1 amide bonds. The van der Waals surface area contributed by atoms with Crippen molar-refractivity contribution in [2.45, 2.75) is 0 Å². The fraction of sp³-hybridized carbons (Fsp3) is 0. The van der Waals surface area contributed by atoms with Crippen LogP contribution in [0.5, 0.6) is 0 Å². The molecule has 24 heavy (non-hydrogen) atoms. The molecular formula is C17H12ClFN4O. The molecule has 2 aromatic carbocycles. The largest absolute Gasteiger partial charge is 0.322 e. The lowest BCUT2D eigenvalue weighted by atomic mass is 10.2. The number of carbonyl (C=O) groups excluding carboxylic acids is 1. The molecule has 0 aliphatic carbocycles. The summed E-state index contributed by atoms with van der Waals surface area (Å²) in [6.07, 6.45) is 2.70. The number of halogens is 2. The van der Waals surface area contributed by atoms with E-state index in [9.17, 15) is 9.18 Å². The Morgan fingerprint density at radius 2 is 1.58 bits per heavy atom. The minimum atomic E-state index is -0.415. The van der Waals surface area contributed by atoms with Gasteiger partial charge in [0, 0.05) is 12.4 Å². The Hall–Kier alpha value is -2.99. The molecule has 0 radical (unpaired) electrons. The number of aromatic nitrogens is 2. The van der Waals surface area contributed by atoms with Gasteiger partial charge < -0.3 is 10.6 Å². The van der Waals surface area contributed by atoms with E-state index in [1.807, 2.05) is 0 Å². The zero-order valence-corrected chi connectivity index (χ0v) is 13.1. The molecule has 120 valence electrons. The molecule has 3 aromatic rings. The Balaban J connectivity index is 1.71. The molecule has 0 saturated heterocycles. The van der Waals surface area contributed by atoms with Gasteiger partial charge in [0.15, 0.2) is 0 Å². The van der Waals surface area contributed by atoms with Crippen LogP contribution in [-0.2, 0) is 0 Å². The van der Waals surface area contributed by atoms with Crippen molar-refractivity contribution in [1.82, 2.24) is 9.97 Å². The minimum Gasteiger partial charge on any atom is -0.322 e. The maximum absolute atomic E-state index is 13.6. The second-order valence-corrected chi connectivity index (χ2v) is 5.24. The maximum Gasteiger partial charge on any atom is 0.258 e. The van der Waals surface area contributed by atoms with Gasteiger partial charge in [0.1, 0.15) is 5.82 Å².